The Balaban J connectivity index is 2.53. The molecule has 1 atom stereocenters. The molecule has 0 fully saturated rings. The smallest absolute Gasteiger partial charge is 0.137 e. The minimum absolute atomic E-state index is 0.00216. The fourth-order valence-corrected chi connectivity index (χ4v) is 2.42. The van der Waals surface area contributed by atoms with E-state index in [1.807, 2.05) is 0 Å². The van der Waals surface area contributed by atoms with E-state index in [2.05, 4.69) is 15.9 Å². The van der Waals surface area contributed by atoms with Crippen LogP contribution in [-0.4, -0.2) is 0 Å². The van der Waals surface area contributed by atoms with Crippen LogP contribution in [0.15, 0.2) is 34.8 Å². The van der Waals surface area contributed by atoms with Crippen molar-refractivity contribution < 1.29 is 13.2 Å². The van der Waals surface area contributed by atoms with E-state index in [0.717, 1.165) is 12.1 Å². The van der Waals surface area contributed by atoms with Gasteiger partial charge in [0.15, 0.2) is 0 Å². The van der Waals surface area contributed by atoms with Gasteiger partial charge in [0, 0.05) is 11.1 Å². The molecule has 19 heavy (non-hydrogen) atoms. The highest BCUT2D eigenvalue weighted by atomic mass is 79.9. The Morgan fingerprint density at radius 3 is 2.42 bits per heavy atom. The highest BCUT2D eigenvalue weighted by molar-refractivity contribution is 9.10. The molecule has 2 aromatic carbocycles. The van der Waals surface area contributed by atoms with E-state index in [1.54, 1.807) is 19.1 Å². The lowest BCUT2D eigenvalue weighted by molar-refractivity contribution is 0.574. The summed E-state index contributed by atoms with van der Waals surface area (Å²) in [6, 6.07) is 6.61. The fourth-order valence-electron chi connectivity index (χ4n) is 1.77. The van der Waals surface area contributed by atoms with Gasteiger partial charge in [-0.2, -0.15) is 0 Å². The van der Waals surface area contributed by atoms with Crippen LogP contribution >= 0.6 is 27.5 Å². The molecule has 0 bridgehead atoms. The van der Waals surface area contributed by atoms with Crippen molar-refractivity contribution in [2.45, 2.75) is 12.3 Å². The van der Waals surface area contributed by atoms with Crippen molar-refractivity contribution in [3.8, 4) is 0 Å². The Kier molecular flexibility index (Phi) is 4.21. The molecule has 2 aromatic rings. The molecule has 0 radical (unpaired) electrons. The largest absolute Gasteiger partial charge is 0.207 e. The number of hydrogen-bond donors (Lipinski definition) is 0. The van der Waals surface area contributed by atoms with Gasteiger partial charge in [0.25, 0.3) is 0 Å². The van der Waals surface area contributed by atoms with Crippen LogP contribution in [0.4, 0.5) is 13.2 Å². The number of aryl methyl sites for hydroxylation is 1. The second-order valence-corrected chi connectivity index (χ2v) is 5.42. The summed E-state index contributed by atoms with van der Waals surface area (Å²) in [6.45, 7) is 1.58. The predicted octanol–water partition coefficient (Wildman–Crippen LogP) is 5.50. The first-order chi connectivity index (χ1) is 8.91. The molecule has 0 nitrogen and oxygen atoms in total. The van der Waals surface area contributed by atoms with E-state index in [9.17, 15) is 13.2 Å². The summed E-state index contributed by atoms with van der Waals surface area (Å²) in [6.07, 6.45) is 0. The van der Waals surface area contributed by atoms with E-state index < -0.39 is 22.8 Å². The van der Waals surface area contributed by atoms with Crippen molar-refractivity contribution in [3.63, 3.8) is 0 Å². The van der Waals surface area contributed by atoms with Gasteiger partial charge in [0.1, 0.15) is 17.5 Å². The molecule has 0 spiro atoms. The quantitative estimate of drug-likeness (QED) is 0.496. The highest BCUT2D eigenvalue weighted by Gasteiger charge is 2.21. The molecule has 0 aromatic heterocycles. The van der Waals surface area contributed by atoms with Gasteiger partial charge in [-0.3, -0.25) is 0 Å². The second kappa shape index (κ2) is 5.55. The third-order valence-corrected chi connectivity index (χ3v) is 3.89. The maximum atomic E-state index is 13.9. The van der Waals surface area contributed by atoms with Gasteiger partial charge in [0.05, 0.1) is 9.85 Å². The van der Waals surface area contributed by atoms with Crippen LogP contribution in [0.1, 0.15) is 22.1 Å². The van der Waals surface area contributed by atoms with Crippen molar-refractivity contribution in [2.75, 3.05) is 0 Å². The Bertz CT molecular complexity index is 628. The van der Waals surface area contributed by atoms with Crippen molar-refractivity contribution in [1.82, 2.24) is 0 Å². The molecule has 0 N–H and O–H groups in total. The first-order valence-electron chi connectivity index (χ1n) is 5.45. The normalized spacial score (nSPS) is 12.5. The van der Waals surface area contributed by atoms with Crippen LogP contribution in [0.25, 0.3) is 0 Å². The third-order valence-electron chi connectivity index (χ3n) is 2.81. The number of halogens is 5. The molecule has 5 heteroatoms. The molecule has 0 heterocycles. The van der Waals surface area contributed by atoms with Crippen LogP contribution in [0.2, 0.25) is 0 Å². The Morgan fingerprint density at radius 2 is 1.74 bits per heavy atom. The van der Waals surface area contributed by atoms with E-state index in [1.165, 1.54) is 6.07 Å². The van der Waals surface area contributed by atoms with Gasteiger partial charge in [-0.05, 0) is 40.5 Å². The average molecular weight is 350 g/mol. The Hall–Kier alpha value is -1.00. The van der Waals surface area contributed by atoms with Gasteiger partial charge in [-0.15, -0.1) is 11.6 Å². The van der Waals surface area contributed by atoms with Crippen molar-refractivity contribution >= 4 is 27.5 Å². The summed E-state index contributed by atoms with van der Waals surface area (Å²) in [5.41, 5.74) is 0.440. The van der Waals surface area contributed by atoms with Crippen molar-refractivity contribution in [3.05, 3.63) is 68.9 Å². The molecule has 0 amide bonds. The predicted molar refractivity (Wildman–Crippen MR) is 72.9 cm³/mol. The Morgan fingerprint density at radius 1 is 1.05 bits per heavy atom. The minimum atomic E-state index is -1.08. The maximum Gasteiger partial charge on any atom is 0.137 e. The van der Waals surface area contributed by atoms with Crippen LogP contribution in [0.5, 0.6) is 0 Å². The molecule has 0 aliphatic carbocycles. The zero-order valence-corrected chi connectivity index (χ0v) is 12.2. The molecule has 0 aliphatic rings. The molecular formula is C14H9BrClF3. The summed E-state index contributed by atoms with van der Waals surface area (Å²) in [7, 11) is 0. The van der Waals surface area contributed by atoms with E-state index in [0.29, 0.717) is 5.56 Å². The number of rotatable bonds is 2. The summed E-state index contributed by atoms with van der Waals surface area (Å²) in [4.78, 5) is 0. The zero-order valence-electron chi connectivity index (χ0n) is 9.85. The molecular weight excluding hydrogens is 341 g/mol. The first kappa shape index (κ1) is 14.4. The van der Waals surface area contributed by atoms with E-state index >= 15 is 0 Å². The Labute approximate surface area is 122 Å². The topological polar surface area (TPSA) is 0 Å². The summed E-state index contributed by atoms with van der Waals surface area (Å²) < 4.78 is 41.2. The van der Waals surface area contributed by atoms with Gasteiger partial charge >= 0.3 is 0 Å². The molecule has 0 saturated carbocycles. The zero-order chi connectivity index (χ0) is 14.2. The molecule has 0 aliphatic heterocycles. The van der Waals surface area contributed by atoms with Crippen LogP contribution < -0.4 is 0 Å². The van der Waals surface area contributed by atoms with Gasteiger partial charge < -0.3 is 0 Å². The molecule has 0 saturated heterocycles. The maximum absolute atomic E-state index is 13.9. The van der Waals surface area contributed by atoms with Crippen molar-refractivity contribution in [1.29, 1.82) is 0 Å². The second-order valence-electron chi connectivity index (χ2n) is 4.13. The van der Waals surface area contributed by atoms with Crippen molar-refractivity contribution in [2.24, 2.45) is 0 Å². The average Bonchev–Trinajstić information content (AvgIpc) is 2.36. The molecule has 2 rings (SSSR count). The first-order valence-corrected chi connectivity index (χ1v) is 6.68. The van der Waals surface area contributed by atoms with Crippen LogP contribution in [0, 0.1) is 24.4 Å². The summed E-state index contributed by atoms with van der Waals surface area (Å²) >= 11 is 8.96. The number of benzene rings is 2. The van der Waals surface area contributed by atoms with Gasteiger partial charge in [-0.1, -0.05) is 18.2 Å². The van der Waals surface area contributed by atoms with E-state index in [4.69, 9.17) is 11.6 Å². The standard InChI is InChI=1S/C14H9BrClF3/c1-7-3-2-4-8(14(7)19)13(16)9-5-12(18)10(15)6-11(9)17/h2-6,13H,1H3. The lowest BCUT2D eigenvalue weighted by Gasteiger charge is -2.14. The summed E-state index contributed by atoms with van der Waals surface area (Å²) in [5, 5.41) is -1.08. The molecule has 1 unspecified atom stereocenters. The lowest BCUT2D eigenvalue weighted by Crippen LogP contribution is -2.02. The van der Waals surface area contributed by atoms with E-state index in [-0.39, 0.29) is 15.6 Å². The van der Waals surface area contributed by atoms with Crippen LogP contribution in [-0.2, 0) is 0 Å². The SMILES string of the molecule is Cc1cccc(C(Cl)c2cc(F)c(Br)cc2F)c1F. The molecule has 100 valence electrons. The highest BCUT2D eigenvalue weighted by Crippen LogP contribution is 2.34. The number of hydrogen-bond acceptors (Lipinski definition) is 0. The fraction of sp³-hybridized carbons (Fsp3) is 0.143. The monoisotopic (exact) mass is 348 g/mol. The lowest BCUT2D eigenvalue weighted by atomic mass is 10.0. The summed E-state index contributed by atoms with van der Waals surface area (Å²) in [5.74, 6) is -1.84. The third kappa shape index (κ3) is 2.79. The van der Waals surface area contributed by atoms with Gasteiger partial charge in [-0.25, -0.2) is 13.2 Å². The van der Waals surface area contributed by atoms with Crippen LogP contribution in [0.3, 0.4) is 0 Å². The van der Waals surface area contributed by atoms with Gasteiger partial charge in [0.2, 0.25) is 0 Å². The number of alkyl halides is 1. The minimum Gasteiger partial charge on any atom is -0.207 e.